The van der Waals surface area contributed by atoms with Crippen LogP contribution in [0.2, 0.25) is 0 Å². The minimum absolute atomic E-state index is 0.0527. The Morgan fingerprint density at radius 3 is 2.63 bits per heavy atom. The molecule has 1 atom stereocenters. The van der Waals surface area contributed by atoms with Crippen LogP contribution < -0.4 is 5.73 Å². The molecule has 0 aliphatic rings. The van der Waals surface area contributed by atoms with Gasteiger partial charge in [0.05, 0.1) is 13.7 Å². The number of anilines is 1. The van der Waals surface area contributed by atoms with Gasteiger partial charge in [-0.15, -0.1) is 5.10 Å². The van der Waals surface area contributed by atoms with Crippen LogP contribution in [0.25, 0.3) is 0 Å². The van der Waals surface area contributed by atoms with E-state index in [9.17, 15) is 9.59 Å². The zero-order valence-corrected chi connectivity index (χ0v) is 11.0. The molecule has 0 amide bonds. The zero-order valence-electron chi connectivity index (χ0n) is 11.0. The highest BCUT2D eigenvalue weighted by Crippen LogP contribution is 2.16. The van der Waals surface area contributed by atoms with E-state index in [1.807, 2.05) is 0 Å². The lowest BCUT2D eigenvalue weighted by Gasteiger charge is -2.12. The highest BCUT2D eigenvalue weighted by Gasteiger charge is 2.25. The van der Waals surface area contributed by atoms with Crippen molar-refractivity contribution < 1.29 is 23.8 Å². The molecule has 0 aromatic carbocycles. The van der Waals surface area contributed by atoms with Crippen molar-refractivity contribution in [3.8, 4) is 0 Å². The number of aromatic nitrogens is 3. The summed E-state index contributed by atoms with van der Waals surface area (Å²) in [6.45, 7) is 1.94. The molecule has 9 nitrogen and oxygen atoms in total. The van der Waals surface area contributed by atoms with E-state index < -0.39 is 18.0 Å². The van der Waals surface area contributed by atoms with Crippen molar-refractivity contribution in [2.75, 3.05) is 33.2 Å². The number of methoxy groups -OCH3 is 2. The van der Waals surface area contributed by atoms with Crippen molar-refractivity contribution in [3.63, 3.8) is 0 Å². The van der Waals surface area contributed by atoms with Gasteiger partial charge in [0.2, 0.25) is 5.69 Å². The quantitative estimate of drug-likeness (QED) is 0.538. The van der Waals surface area contributed by atoms with Gasteiger partial charge < -0.3 is 19.9 Å². The molecule has 19 heavy (non-hydrogen) atoms. The molecule has 0 bridgehead atoms. The number of carbonyl (C=O) groups excluding carboxylic acids is 2. The van der Waals surface area contributed by atoms with Crippen LogP contribution in [0.1, 0.15) is 23.5 Å². The first-order valence-corrected chi connectivity index (χ1v) is 5.47. The first kappa shape index (κ1) is 14.9. The summed E-state index contributed by atoms with van der Waals surface area (Å²) in [6, 6.07) is -0.803. The molecule has 1 rings (SSSR count). The Kier molecular flexibility index (Phi) is 5.24. The largest absolute Gasteiger partial charge is 0.464 e. The van der Waals surface area contributed by atoms with E-state index in [-0.39, 0.29) is 18.1 Å². The molecule has 0 fully saturated rings. The molecule has 1 heterocycles. The van der Waals surface area contributed by atoms with E-state index in [2.05, 4.69) is 15.0 Å². The molecule has 0 aliphatic heterocycles. The molecule has 9 heteroatoms. The van der Waals surface area contributed by atoms with Crippen LogP contribution in [0.15, 0.2) is 0 Å². The van der Waals surface area contributed by atoms with Crippen molar-refractivity contribution in [1.29, 1.82) is 0 Å². The average molecular weight is 272 g/mol. The second-order valence-electron chi connectivity index (χ2n) is 3.60. The van der Waals surface area contributed by atoms with Crippen LogP contribution in [0, 0.1) is 0 Å². The molecule has 106 valence electrons. The highest BCUT2D eigenvalue weighted by molar-refractivity contribution is 5.92. The van der Waals surface area contributed by atoms with E-state index in [1.54, 1.807) is 0 Å². The topological polar surface area (TPSA) is 119 Å². The number of ether oxygens (including phenoxy) is 3. The lowest BCUT2D eigenvalue weighted by molar-refractivity contribution is -0.148. The molecule has 0 spiro atoms. The lowest BCUT2D eigenvalue weighted by Crippen LogP contribution is -2.23. The normalized spacial score (nSPS) is 11.9. The molecule has 0 radical (unpaired) electrons. The summed E-state index contributed by atoms with van der Waals surface area (Å²) in [4.78, 5) is 23.0. The van der Waals surface area contributed by atoms with Crippen molar-refractivity contribution in [1.82, 2.24) is 15.0 Å². The maximum absolute atomic E-state index is 11.7. The second-order valence-corrected chi connectivity index (χ2v) is 3.60. The van der Waals surface area contributed by atoms with Gasteiger partial charge in [0.1, 0.15) is 6.61 Å². The number of nitrogen functional groups attached to an aromatic ring is 1. The predicted molar refractivity (Wildman–Crippen MR) is 63.3 cm³/mol. The smallest absolute Gasteiger partial charge is 0.362 e. The maximum Gasteiger partial charge on any atom is 0.362 e. The summed E-state index contributed by atoms with van der Waals surface area (Å²) < 4.78 is 15.3. The Morgan fingerprint density at radius 1 is 1.37 bits per heavy atom. The fraction of sp³-hybridized carbons (Fsp3) is 0.600. The SMILES string of the molecule is COCCOC(=O)C(C)n1nnc(C(=O)OC)c1N. The molecule has 2 N–H and O–H groups in total. The molecule has 1 aromatic rings. The Morgan fingerprint density at radius 2 is 2.05 bits per heavy atom. The minimum atomic E-state index is -0.803. The number of nitrogens with zero attached hydrogens (tertiary/aromatic N) is 3. The fourth-order valence-corrected chi connectivity index (χ4v) is 1.28. The number of rotatable bonds is 6. The van der Waals surface area contributed by atoms with Gasteiger partial charge in [-0.2, -0.15) is 0 Å². The molecule has 0 aliphatic carbocycles. The highest BCUT2D eigenvalue weighted by atomic mass is 16.6. The lowest BCUT2D eigenvalue weighted by atomic mass is 10.3. The van der Waals surface area contributed by atoms with Gasteiger partial charge in [0, 0.05) is 7.11 Å². The average Bonchev–Trinajstić information content (AvgIpc) is 2.79. The number of nitrogens with two attached hydrogens (primary N) is 1. The van der Waals surface area contributed by atoms with Gasteiger partial charge >= 0.3 is 11.9 Å². The van der Waals surface area contributed by atoms with E-state index >= 15 is 0 Å². The summed E-state index contributed by atoms with van der Waals surface area (Å²) >= 11 is 0. The van der Waals surface area contributed by atoms with Crippen LogP contribution in [-0.2, 0) is 19.0 Å². The number of esters is 2. The van der Waals surface area contributed by atoms with Crippen LogP contribution in [0.4, 0.5) is 5.82 Å². The maximum atomic E-state index is 11.7. The van der Waals surface area contributed by atoms with Crippen LogP contribution in [-0.4, -0.2) is 54.4 Å². The third-order valence-electron chi connectivity index (χ3n) is 2.35. The third kappa shape index (κ3) is 3.41. The molecule has 1 unspecified atom stereocenters. The molecular weight excluding hydrogens is 256 g/mol. The van der Waals surface area contributed by atoms with Gasteiger partial charge in [-0.05, 0) is 6.92 Å². The van der Waals surface area contributed by atoms with E-state index in [0.29, 0.717) is 6.61 Å². The monoisotopic (exact) mass is 272 g/mol. The van der Waals surface area contributed by atoms with Crippen molar-refractivity contribution in [3.05, 3.63) is 5.69 Å². The van der Waals surface area contributed by atoms with Crippen LogP contribution in [0.3, 0.4) is 0 Å². The van der Waals surface area contributed by atoms with Crippen LogP contribution >= 0.6 is 0 Å². The summed E-state index contributed by atoms with van der Waals surface area (Å²) in [6.07, 6.45) is 0. The van der Waals surface area contributed by atoms with Gasteiger partial charge in [0.15, 0.2) is 11.9 Å². The number of hydrogen-bond acceptors (Lipinski definition) is 8. The van der Waals surface area contributed by atoms with E-state index in [1.165, 1.54) is 21.1 Å². The van der Waals surface area contributed by atoms with Gasteiger partial charge in [-0.3, -0.25) is 0 Å². The van der Waals surface area contributed by atoms with Gasteiger partial charge in [-0.1, -0.05) is 5.21 Å². The Labute approximate surface area is 109 Å². The van der Waals surface area contributed by atoms with Crippen LogP contribution in [0.5, 0.6) is 0 Å². The zero-order chi connectivity index (χ0) is 14.4. The van der Waals surface area contributed by atoms with Crippen molar-refractivity contribution in [2.45, 2.75) is 13.0 Å². The summed E-state index contributed by atoms with van der Waals surface area (Å²) in [7, 11) is 2.69. The van der Waals surface area contributed by atoms with Crippen molar-refractivity contribution >= 4 is 17.8 Å². The summed E-state index contributed by atoms with van der Waals surface area (Å²) in [5.74, 6) is -1.32. The fourth-order valence-electron chi connectivity index (χ4n) is 1.28. The van der Waals surface area contributed by atoms with Gasteiger partial charge in [-0.25, -0.2) is 14.3 Å². The number of carbonyl (C=O) groups is 2. The summed E-state index contributed by atoms with van der Waals surface area (Å²) in [5.41, 5.74) is 5.54. The molecule has 0 saturated heterocycles. The first-order valence-electron chi connectivity index (χ1n) is 5.47. The van der Waals surface area contributed by atoms with Crippen molar-refractivity contribution in [2.24, 2.45) is 0 Å². The second kappa shape index (κ2) is 6.69. The Balaban J connectivity index is 2.77. The summed E-state index contributed by atoms with van der Waals surface area (Å²) in [5, 5.41) is 7.21. The Hall–Kier alpha value is -2.16. The molecule has 1 aromatic heterocycles. The standard InChI is InChI=1S/C10H16N4O5/c1-6(9(15)19-5-4-17-2)14-8(11)7(12-13-14)10(16)18-3/h6H,4-5,11H2,1-3H3. The first-order chi connectivity index (χ1) is 9.02. The molecular formula is C10H16N4O5. The van der Waals surface area contributed by atoms with E-state index in [0.717, 1.165) is 4.68 Å². The Bertz CT molecular complexity index is 459. The molecule has 0 saturated carbocycles. The minimum Gasteiger partial charge on any atom is -0.464 e. The predicted octanol–water partition coefficient (Wildman–Crippen LogP) is -0.602. The third-order valence-corrected chi connectivity index (χ3v) is 2.35. The number of hydrogen-bond donors (Lipinski definition) is 1. The van der Waals surface area contributed by atoms with Gasteiger partial charge in [0.25, 0.3) is 0 Å². The van der Waals surface area contributed by atoms with E-state index in [4.69, 9.17) is 15.2 Å².